The number of carbonyl (C=O) groups is 1. The number of benzene rings is 1. The molecule has 0 saturated carbocycles. The SMILES string of the molecule is Cc1cc(C)c2c(N/N=C(/C#N)C(=O)Nc3ccccc3O)[nH]nc2n1. The minimum Gasteiger partial charge on any atom is -0.506 e. The summed E-state index contributed by atoms with van der Waals surface area (Å²) in [5.41, 5.74) is 4.69. The summed E-state index contributed by atoms with van der Waals surface area (Å²) in [7, 11) is 0. The number of phenols is 1. The molecular weight excluding hydrogens is 334 g/mol. The van der Waals surface area contributed by atoms with Crippen LogP contribution in [0.25, 0.3) is 11.0 Å². The number of aromatic nitrogens is 3. The lowest BCUT2D eigenvalue weighted by Crippen LogP contribution is -2.22. The van der Waals surface area contributed by atoms with Crippen LogP contribution in [0.2, 0.25) is 0 Å². The van der Waals surface area contributed by atoms with E-state index in [1.165, 1.54) is 12.1 Å². The highest BCUT2D eigenvalue weighted by molar-refractivity contribution is 6.48. The van der Waals surface area contributed by atoms with E-state index >= 15 is 0 Å². The third-order valence-electron chi connectivity index (χ3n) is 3.60. The first-order valence-corrected chi connectivity index (χ1v) is 7.65. The maximum Gasteiger partial charge on any atom is 0.287 e. The Labute approximate surface area is 148 Å². The first-order valence-electron chi connectivity index (χ1n) is 7.65. The average Bonchev–Trinajstić information content (AvgIpc) is 3.00. The van der Waals surface area contributed by atoms with E-state index in [9.17, 15) is 15.2 Å². The molecule has 0 spiro atoms. The molecule has 4 N–H and O–H groups in total. The Morgan fingerprint density at radius 3 is 2.85 bits per heavy atom. The zero-order valence-electron chi connectivity index (χ0n) is 14.0. The molecule has 3 rings (SSSR count). The molecule has 130 valence electrons. The lowest BCUT2D eigenvalue weighted by atomic mass is 10.2. The number of fused-ring (bicyclic) bond motifs is 1. The van der Waals surface area contributed by atoms with Crippen molar-refractivity contribution in [2.24, 2.45) is 5.10 Å². The van der Waals surface area contributed by atoms with Gasteiger partial charge in [0, 0.05) is 5.69 Å². The molecule has 1 aromatic carbocycles. The van der Waals surface area contributed by atoms with Crippen molar-refractivity contribution >= 4 is 34.2 Å². The molecule has 3 aromatic rings. The third-order valence-corrected chi connectivity index (χ3v) is 3.60. The smallest absolute Gasteiger partial charge is 0.287 e. The van der Waals surface area contributed by atoms with Gasteiger partial charge in [0.1, 0.15) is 11.8 Å². The van der Waals surface area contributed by atoms with Crippen LogP contribution in [0.15, 0.2) is 35.4 Å². The van der Waals surface area contributed by atoms with Gasteiger partial charge in [-0.3, -0.25) is 15.3 Å². The van der Waals surface area contributed by atoms with Crippen LogP contribution in [0.3, 0.4) is 0 Å². The molecule has 9 nitrogen and oxygen atoms in total. The summed E-state index contributed by atoms with van der Waals surface area (Å²) in [6.07, 6.45) is 0. The highest BCUT2D eigenvalue weighted by Crippen LogP contribution is 2.24. The van der Waals surface area contributed by atoms with E-state index < -0.39 is 11.6 Å². The van der Waals surface area contributed by atoms with Crippen molar-refractivity contribution in [2.45, 2.75) is 13.8 Å². The summed E-state index contributed by atoms with van der Waals surface area (Å²) in [6.45, 7) is 3.76. The predicted molar refractivity (Wildman–Crippen MR) is 96.8 cm³/mol. The largest absolute Gasteiger partial charge is 0.506 e. The van der Waals surface area contributed by atoms with Gasteiger partial charge in [0.15, 0.2) is 11.5 Å². The van der Waals surface area contributed by atoms with Crippen molar-refractivity contribution in [3.8, 4) is 11.8 Å². The molecule has 0 aliphatic rings. The number of nitrogens with zero attached hydrogens (tertiary/aromatic N) is 4. The van der Waals surface area contributed by atoms with E-state index in [1.807, 2.05) is 19.9 Å². The standard InChI is InChI=1S/C17H15N7O2/c1-9-7-10(2)19-15-14(9)16(24-22-15)23-21-12(8-18)17(26)20-11-5-3-4-6-13(11)25/h3-7,25H,1-2H3,(H,20,26)(H2,19,22,23,24)/b21-12-. The summed E-state index contributed by atoms with van der Waals surface area (Å²) >= 11 is 0. The minimum absolute atomic E-state index is 0.109. The van der Waals surface area contributed by atoms with Crippen LogP contribution in [-0.2, 0) is 4.79 Å². The summed E-state index contributed by atoms with van der Waals surface area (Å²) < 4.78 is 0. The second-order valence-electron chi connectivity index (χ2n) is 5.53. The van der Waals surface area contributed by atoms with Gasteiger partial charge in [-0.1, -0.05) is 12.1 Å². The molecule has 0 unspecified atom stereocenters. The maximum absolute atomic E-state index is 12.2. The number of amides is 1. The fourth-order valence-electron chi connectivity index (χ4n) is 2.45. The Balaban J connectivity index is 1.83. The van der Waals surface area contributed by atoms with Crippen LogP contribution in [0.1, 0.15) is 11.3 Å². The predicted octanol–water partition coefficient (Wildman–Crippen LogP) is 2.21. The number of pyridine rings is 1. The molecule has 2 heterocycles. The van der Waals surface area contributed by atoms with Gasteiger partial charge in [0.25, 0.3) is 5.91 Å². The molecule has 0 atom stereocenters. The Bertz CT molecular complexity index is 1060. The number of phenolic OH excluding ortho intramolecular Hbond substituents is 1. The second-order valence-corrected chi connectivity index (χ2v) is 5.53. The Morgan fingerprint density at radius 1 is 1.35 bits per heavy atom. The Kier molecular flexibility index (Phi) is 4.49. The van der Waals surface area contributed by atoms with Gasteiger partial charge in [0.05, 0.1) is 11.1 Å². The van der Waals surface area contributed by atoms with Crippen LogP contribution in [0, 0.1) is 25.2 Å². The first-order chi connectivity index (χ1) is 12.5. The van der Waals surface area contributed by atoms with Crippen molar-refractivity contribution in [1.29, 1.82) is 5.26 Å². The summed E-state index contributed by atoms with van der Waals surface area (Å²) in [6, 6.07) is 9.81. The van der Waals surface area contributed by atoms with Crippen LogP contribution in [0.4, 0.5) is 11.5 Å². The lowest BCUT2D eigenvalue weighted by Gasteiger charge is -2.06. The Hall–Kier alpha value is -3.93. The highest BCUT2D eigenvalue weighted by Gasteiger charge is 2.15. The van der Waals surface area contributed by atoms with E-state index in [-0.39, 0.29) is 11.4 Å². The van der Waals surface area contributed by atoms with Crippen molar-refractivity contribution in [2.75, 3.05) is 10.7 Å². The molecule has 0 fully saturated rings. The molecule has 0 aliphatic carbocycles. The summed E-state index contributed by atoms with van der Waals surface area (Å²) in [5, 5.41) is 32.7. The van der Waals surface area contributed by atoms with Crippen molar-refractivity contribution in [1.82, 2.24) is 15.2 Å². The number of rotatable bonds is 4. The van der Waals surface area contributed by atoms with Gasteiger partial charge in [-0.15, -0.1) is 0 Å². The van der Waals surface area contributed by atoms with Gasteiger partial charge in [-0.2, -0.15) is 15.5 Å². The number of carbonyl (C=O) groups excluding carboxylic acids is 1. The van der Waals surface area contributed by atoms with E-state index in [1.54, 1.807) is 18.2 Å². The molecule has 0 radical (unpaired) electrons. The fourth-order valence-corrected chi connectivity index (χ4v) is 2.45. The van der Waals surface area contributed by atoms with Gasteiger partial charge in [0.2, 0.25) is 5.71 Å². The normalized spacial score (nSPS) is 11.2. The lowest BCUT2D eigenvalue weighted by molar-refractivity contribution is -0.110. The van der Waals surface area contributed by atoms with Crippen LogP contribution in [-0.4, -0.2) is 31.9 Å². The number of hydrogen-bond acceptors (Lipinski definition) is 7. The second kappa shape index (κ2) is 6.90. The molecule has 2 aromatic heterocycles. The molecule has 1 amide bonds. The average molecular weight is 349 g/mol. The van der Waals surface area contributed by atoms with Gasteiger partial charge >= 0.3 is 0 Å². The van der Waals surface area contributed by atoms with Gasteiger partial charge in [-0.25, -0.2) is 4.98 Å². The summed E-state index contributed by atoms with van der Waals surface area (Å²) in [4.78, 5) is 16.5. The van der Waals surface area contributed by atoms with Gasteiger partial charge < -0.3 is 10.4 Å². The number of nitrogens with one attached hydrogen (secondary N) is 3. The molecule has 0 saturated heterocycles. The van der Waals surface area contributed by atoms with Crippen molar-refractivity contribution in [3.05, 3.63) is 41.6 Å². The number of aromatic hydroxyl groups is 1. The minimum atomic E-state index is -0.754. The van der Waals surface area contributed by atoms with Crippen molar-refractivity contribution in [3.63, 3.8) is 0 Å². The van der Waals surface area contributed by atoms with E-state index in [0.29, 0.717) is 11.5 Å². The number of aryl methyl sites for hydroxylation is 2. The Morgan fingerprint density at radius 2 is 2.12 bits per heavy atom. The fraction of sp³-hybridized carbons (Fsp3) is 0.118. The zero-order valence-corrected chi connectivity index (χ0v) is 14.0. The summed E-state index contributed by atoms with van der Waals surface area (Å²) in [5.74, 6) is -0.438. The number of anilines is 2. The number of para-hydroxylation sites is 2. The maximum atomic E-state index is 12.2. The topological polar surface area (TPSA) is 139 Å². The van der Waals surface area contributed by atoms with E-state index in [4.69, 9.17) is 0 Å². The molecular formula is C17H15N7O2. The van der Waals surface area contributed by atoms with Gasteiger partial charge in [-0.05, 0) is 37.6 Å². The zero-order chi connectivity index (χ0) is 18.7. The third kappa shape index (κ3) is 3.29. The van der Waals surface area contributed by atoms with E-state index in [0.717, 1.165) is 16.6 Å². The van der Waals surface area contributed by atoms with Crippen molar-refractivity contribution < 1.29 is 9.90 Å². The highest BCUT2D eigenvalue weighted by atomic mass is 16.3. The molecule has 26 heavy (non-hydrogen) atoms. The molecule has 9 heteroatoms. The number of nitriles is 1. The monoisotopic (exact) mass is 349 g/mol. The first kappa shape index (κ1) is 16.9. The molecule has 0 bridgehead atoms. The van der Waals surface area contributed by atoms with Crippen LogP contribution in [0.5, 0.6) is 5.75 Å². The number of hydrogen-bond donors (Lipinski definition) is 4. The number of hydrazone groups is 1. The quantitative estimate of drug-likeness (QED) is 0.323. The van der Waals surface area contributed by atoms with Crippen LogP contribution >= 0.6 is 0 Å². The molecule has 0 aliphatic heterocycles. The van der Waals surface area contributed by atoms with Crippen LogP contribution < -0.4 is 10.7 Å². The van der Waals surface area contributed by atoms with E-state index in [2.05, 4.69) is 31.0 Å². The number of aromatic amines is 1. The number of H-pyrrole nitrogens is 1.